The van der Waals surface area contributed by atoms with E-state index in [1.807, 2.05) is 0 Å². The highest BCUT2D eigenvalue weighted by molar-refractivity contribution is 9.09. The average Bonchev–Trinajstić information content (AvgIpc) is 2.38. The lowest BCUT2D eigenvalue weighted by Crippen LogP contribution is -2.00. The minimum atomic E-state index is -0.880. The molecule has 0 heterocycles. The molecule has 2 aromatic carbocycles. The maximum Gasteiger partial charge on any atom is 0.162 e. The van der Waals surface area contributed by atoms with Crippen molar-refractivity contribution < 1.29 is 13.2 Å². The van der Waals surface area contributed by atoms with Gasteiger partial charge >= 0.3 is 0 Å². The third-order valence-electron chi connectivity index (χ3n) is 2.74. The molecule has 0 aliphatic rings. The molecule has 0 fully saturated rings. The van der Waals surface area contributed by atoms with Crippen LogP contribution in [0.2, 0.25) is 5.02 Å². The molecule has 1 unspecified atom stereocenters. The first-order chi connectivity index (χ1) is 8.99. The Morgan fingerprint density at radius 3 is 2.47 bits per heavy atom. The molecular formula is C14H9BrClF3. The standard InChI is InChI=1S/C14H9BrClF3/c15-10(8-4-5-12(17)11(16)7-8)6-9-2-1-3-13(18)14(9)19/h1-5,7,10H,6H2. The van der Waals surface area contributed by atoms with Crippen molar-refractivity contribution in [2.24, 2.45) is 0 Å². The summed E-state index contributed by atoms with van der Waals surface area (Å²) in [6, 6.07) is 8.29. The first-order valence-corrected chi connectivity index (χ1v) is 6.80. The number of rotatable bonds is 3. The van der Waals surface area contributed by atoms with Crippen LogP contribution in [0.3, 0.4) is 0 Å². The number of alkyl halides is 1. The maximum absolute atomic E-state index is 13.5. The molecule has 0 aliphatic heterocycles. The van der Waals surface area contributed by atoms with Gasteiger partial charge in [-0.05, 0) is 35.7 Å². The number of benzene rings is 2. The van der Waals surface area contributed by atoms with Crippen LogP contribution in [-0.4, -0.2) is 0 Å². The van der Waals surface area contributed by atoms with Crippen molar-refractivity contribution in [1.82, 2.24) is 0 Å². The molecule has 0 amide bonds. The zero-order valence-electron chi connectivity index (χ0n) is 9.64. The summed E-state index contributed by atoms with van der Waals surface area (Å²) in [4.78, 5) is -0.276. The summed E-state index contributed by atoms with van der Waals surface area (Å²) >= 11 is 9.06. The molecule has 0 aliphatic carbocycles. The Morgan fingerprint density at radius 2 is 1.79 bits per heavy atom. The van der Waals surface area contributed by atoms with Crippen molar-refractivity contribution in [3.63, 3.8) is 0 Å². The molecule has 0 bridgehead atoms. The molecule has 5 heteroatoms. The highest BCUT2D eigenvalue weighted by atomic mass is 79.9. The van der Waals surface area contributed by atoms with Crippen molar-refractivity contribution in [2.75, 3.05) is 0 Å². The van der Waals surface area contributed by atoms with E-state index in [2.05, 4.69) is 15.9 Å². The third-order valence-corrected chi connectivity index (χ3v) is 3.88. The zero-order chi connectivity index (χ0) is 14.0. The first-order valence-electron chi connectivity index (χ1n) is 5.51. The van der Waals surface area contributed by atoms with Crippen molar-refractivity contribution in [3.05, 3.63) is 70.0 Å². The summed E-state index contributed by atoms with van der Waals surface area (Å²) in [6.07, 6.45) is 0.242. The molecule has 0 N–H and O–H groups in total. The van der Waals surface area contributed by atoms with Crippen LogP contribution in [0.15, 0.2) is 36.4 Å². The van der Waals surface area contributed by atoms with Crippen LogP contribution < -0.4 is 0 Å². The highest BCUT2D eigenvalue weighted by Crippen LogP contribution is 2.30. The second-order valence-corrected chi connectivity index (χ2v) is 5.57. The van der Waals surface area contributed by atoms with E-state index < -0.39 is 17.5 Å². The van der Waals surface area contributed by atoms with Crippen molar-refractivity contribution in [3.8, 4) is 0 Å². The molecule has 100 valence electrons. The smallest absolute Gasteiger partial charge is 0.162 e. The van der Waals surface area contributed by atoms with E-state index >= 15 is 0 Å². The molecule has 19 heavy (non-hydrogen) atoms. The molecule has 1 atom stereocenters. The molecule has 0 nitrogen and oxygen atoms in total. The lowest BCUT2D eigenvalue weighted by atomic mass is 10.0. The largest absolute Gasteiger partial charge is 0.205 e. The van der Waals surface area contributed by atoms with Gasteiger partial charge in [0.2, 0.25) is 0 Å². The Labute approximate surface area is 122 Å². The fourth-order valence-corrected chi connectivity index (χ4v) is 2.55. The summed E-state index contributed by atoms with van der Waals surface area (Å²) in [7, 11) is 0. The van der Waals surface area contributed by atoms with Gasteiger partial charge in [0.1, 0.15) is 5.82 Å². The van der Waals surface area contributed by atoms with E-state index in [9.17, 15) is 13.2 Å². The van der Waals surface area contributed by atoms with Gasteiger partial charge < -0.3 is 0 Å². The summed E-state index contributed by atoms with van der Waals surface area (Å²) in [5.74, 6) is -2.25. The molecule has 0 radical (unpaired) electrons. The summed E-state index contributed by atoms with van der Waals surface area (Å²) in [6.45, 7) is 0. The van der Waals surface area contributed by atoms with E-state index in [4.69, 9.17) is 11.6 Å². The lowest BCUT2D eigenvalue weighted by Gasteiger charge is -2.12. The van der Waals surface area contributed by atoms with Gasteiger partial charge in [-0.2, -0.15) is 0 Å². The van der Waals surface area contributed by atoms with Gasteiger partial charge in [-0.3, -0.25) is 0 Å². The monoisotopic (exact) mass is 348 g/mol. The zero-order valence-corrected chi connectivity index (χ0v) is 12.0. The Bertz CT molecular complexity index is 601. The molecule has 0 saturated heterocycles. The van der Waals surface area contributed by atoms with Gasteiger partial charge in [-0.1, -0.05) is 45.7 Å². The Kier molecular flexibility index (Phi) is 4.53. The average molecular weight is 350 g/mol. The fourth-order valence-electron chi connectivity index (χ4n) is 1.72. The minimum absolute atomic E-state index is 0.00154. The predicted octanol–water partition coefficient (Wildman–Crippen LogP) is 5.44. The van der Waals surface area contributed by atoms with Crippen LogP contribution >= 0.6 is 27.5 Å². The second kappa shape index (κ2) is 5.97. The van der Waals surface area contributed by atoms with Crippen LogP contribution in [0.25, 0.3) is 0 Å². The minimum Gasteiger partial charge on any atom is -0.205 e. The second-order valence-electron chi connectivity index (χ2n) is 4.06. The molecule has 0 spiro atoms. The fraction of sp³-hybridized carbons (Fsp3) is 0.143. The Hall–Kier alpha value is -1.00. The molecule has 0 aromatic heterocycles. The van der Waals surface area contributed by atoms with E-state index in [1.54, 1.807) is 6.07 Å². The predicted molar refractivity (Wildman–Crippen MR) is 73.1 cm³/mol. The number of hydrogen-bond acceptors (Lipinski definition) is 0. The van der Waals surface area contributed by atoms with Crippen LogP contribution in [0, 0.1) is 17.5 Å². The Morgan fingerprint density at radius 1 is 1.05 bits per heavy atom. The van der Waals surface area contributed by atoms with Crippen molar-refractivity contribution >= 4 is 27.5 Å². The van der Waals surface area contributed by atoms with Gasteiger partial charge in [-0.15, -0.1) is 0 Å². The third kappa shape index (κ3) is 3.31. The van der Waals surface area contributed by atoms with Gasteiger partial charge in [0.25, 0.3) is 0 Å². The summed E-state index contributed by atoms with van der Waals surface area (Å²) in [5, 5.41) is 0.00154. The van der Waals surface area contributed by atoms with Crippen molar-refractivity contribution in [1.29, 1.82) is 0 Å². The van der Waals surface area contributed by atoms with E-state index in [0.717, 1.165) is 6.07 Å². The van der Waals surface area contributed by atoms with Gasteiger partial charge in [0.15, 0.2) is 11.6 Å². The van der Waals surface area contributed by atoms with Gasteiger partial charge in [-0.25, -0.2) is 13.2 Å². The quantitative estimate of drug-likeness (QED) is 0.648. The van der Waals surface area contributed by atoms with Crippen LogP contribution in [0.5, 0.6) is 0 Å². The molecule has 2 aromatic rings. The summed E-state index contributed by atoms with van der Waals surface area (Å²) in [5.41, 5.74) is 0.956. The van der Waals surface area contributed by atoms with Crippen LogP contribution in [-0.2, 0) is 6.42 Å². The molecule has 0 saturated carbocycles. The van der Waals surface area contributed by atoms with E-state index in [1.165, 1.54) is 24.3 Å². The van der Waals surface area contributed by atoms with Crippen LogP contribution in [0.4, 0.5) is 13.2 Å². The number of halogens is 5. The van der Waals surface area contributed by atoms with Gasteiger partial charge in [0.05, 0.1) is 5.02 Å². The van der Waals surface area contributed by atoms with Gasteiger partial charge in [0, 0.05) is 4.83 Å². The summed E-state index contributed by atoms with van der Waals surface area (Å²) < 4.78 is 39.7. The van der Waals surface area contributed by atoms with Crippen LogP contribution in [0.1, 0.15) is 16.0 Å². The van der Waals surface area contributed by atoms with E-state index in [-0.39, 0.29) is 21.8 Å². The molecular weight excluding hydrogens is 341 g/mol. The highest BCUT2D eigenvalue weighted by Gasteiger charge is 2.15. The van der Waals surface area contributed by atoms with Crippen molar-refractivity contribution in [2.45, 2.75) is 11.2 Å². The SMILES string of the molecule is Fc1ccc(C(Br)Cc2cccc(F)c2F)cc1Cl. The Balaban J connectivity index is 2.23. The normalized spacial score (nSPS) is 12.5. The number of hydrogen-bond donors (Lipinski definition) is 0. The molecule has 2 rings (SSSR count). The first kappa shape index (κ1) is 14.4. The van der Waals surface area contributed by atoms with E-state index in [0.29, 0.717) is 5.56 Å². The lowest BCUT2D eigenvalue weighted by molar-refractivity contribution is 0.498. The maximum atomic E-state index is 13.5. The topological polar surface area (TPSA) is 0 Å².